The molecule has 0 aliphatic heterocycles. The fraction of sp³-hybridized carbons (Fsp3) is 0.957. The third-order valence-electron chi connectivity index (χ3n) is 10.4. The number of carboxylic acid groups (broad SMARTS) is 1. The van der Waals surface area contributed by atoms with Gasteiger partial charge in [0.2, 0.25) is 0 Å². The number of nitrogens with zero attached hydrogens (tertiary/aromatic N) is 1. The third-order valence-corrected chi connectivity index (χ3v) is 10.4. The minimum absolute atomic E-state index is 0.135. The first-order valence-electron chi connectivity index (χ1n) is 23.5. The second-order valence-corrected chi connectivity index (χ2v) is 15.4. The first kappa shape index (κ1) is 59.7. The molecule has 7 nitrogen and oxygen atoms in total. The number of hydrogen-bond donors (Lipinski definition) is 3. The number of unbranched alkanes of at least 4 members (excludes halogenated alkanes) is 25. The summed E-state index contributed by atoms with van der Waals surface area (Å²) in [5.41, 5.74) is 0. The minimum Gasteiger partial charge on any atom is -0.483 e. The van der Waals surface area contributed by atoms with Gasteiger partial charge < -0.3 is 29.8 Å². The van der Waals surface area contributed by atoms with Crippen LogP contribution in [0.2, 0.25) is 0 Å². The van der Waals surface area contributed by atoms with Gasteiger partial charge in [-0.1, -0.05) is 220 Å². The summed E-state index contributed by atoms with van der Waals surface area (Å²) >= 11 is 0. The van der Waals surface area contributed by atoms with E-state index in [0.29, 0.717) is 13.2 Å². The topological polar surface area (TPSA) is 107 Å². The number of hydrogen-bond acceptors (Lipinski definition) is 6. The minimum atomic E-state index is -0.250. The van der Waals surface area contributed by atoms with Gasteiger partial charge in [-0.2, -0.15) is 0 Å². The van der Waals surface area contributed by atoms with Crippen molar-refractivity contribution in [2.24, 2.45) is 5.92 Å². The number of aliphatic hydroxyl groups is 2. The predicted octanol–water partition coefficient (Wildman–Crippen LogP) is 13.4. The summed E-state index contributed by atoms with van der Waals surface area (Å²) < 4.78 is 5.57. The zero-order valence-corrected chi connectivity index (χ0v) is 37.2. The largest absolute Gasteiger partial charge is 0.483 e. The summed E-state index contributed by atoms with van der Waals surface area (Å²) in [6.07, 6.45) is 45.9. The van der Waals surface area contributed by atoms with Gasteiger partial charge in [-0.3, -0.25) is 4.79 Å². The van der Waals surface area contributed by atoms with E-state index in [9.17, 15) is 0 Å². The van der Waals surface area contributed by atoms with Gasteiger partial charge in [0.1, 0.15) is 6.79 Å². The molecule has 0 fully saturated rings. The van der Waals surface area contributed by atoms with E-state index in [2.05, 4.69) is 32.6 Å². The Morgan fingerprint density at radius 2 is 0.741 bits per heavy atom. The molecule has 0 bridgehead atoms. The summed E-state index contributed by atoms with van der Waals surface area (Å²) in [6, 6.07) is 0. The zero-order chi connectivity index (χ0) is 40.9. The normalized spacial score (nSPS) is 10.7. The molecule has 0 atom stereocenters. The molecule has 0 heterocycles. The molecular formula is C47H99NO6. The Labute approximate surface area is 338 Å². The van der Waals surface area contributed by atoms with Crippen molar-refractivity contribution in [3.63, 3.8) is 0 Å². The average molecular weight is 774 g/mol. The Hall–Kier alpha value is -1.02. The molecule has 0 unspecified atom stereocenters. The summed E-state index contributed by atoms with van der Waals surface area (Å²) in [6.45, 7) is 16.1. The van der Waals surface area contributed by atoms with Crippen molar-refractivity contribution in [3.05, 3.63) is 0 Å². The Kier molecular flexibility index (Phi) is 67.6. The Bertz CT molecular complexity index is 587. The molecule has 0 aliphatic carbocycles. The van der Waals surface area contributed by atoms with Crippen LogP contribution < -0.4 is 0 Å². The first-order valence-corrected chi connectivity index (χ1v) is 23.5. The van der Waals surface area contributed by atoms with Crippen LogP contribution >= 0.6 is 0 Å². The molecular weight excluding hydrogens is 675 g/mol. The summed E-state index contributed by atoms with van der Waals surface area (Å²) in [7, 11) is 0. The van der Waals surface area contributed by atoms with E-state index in [0.717, 1.165) is 25.5 Å². The molecule has 0 aromatic heterocycles. The Morgan fingerprint density at radius 1 is 0.444 bits per heavy atom. The standard InChI is InChI=1S/C36H75NO2.C9H20O.CH2O2.CH2O/c1-4-7-10-13-17-22-27-36(28-23-18-14-11-8-5-2)29-24-19-16-21-26-31-37(32-34-39-35-33-38)30-25-20-15-12-9-6-3;1-2-3-4-5-6-7-8-9-10;2-1-3;1-2/h36,38H,4-35H2,1-3H3;10H,2-9H2,1H3;1H,(H,2,3);1H2. The first-order chi connectivity index (χ1) is 26.6. The summed E-state index contributed by atoms with van der Waals surface area (Å²) in [5.74, 6) is 0.995. The van der Waals surface area contributed by atoms with E-state index in [4.69, 9.17) is 29.6 Å². The number of ether oxygens (including phenoxy) is 1. The molecule has 0 rings (SSSR count). The monoisotopic (exact) mass is 774 g/mol. The van der Waals surface area contributed by atoms with E-state index in [1.807, 2.05) is 6.79 Å². The molecule has 0 aromatic rings. The van der Waals surface area contributed by atoms with Crippen LogP contribution in [-0.4, -0.2) is 79.5 Å². The second kappa shape index (κ2) is 61.2. The van der Waals surface area contributed by atoms with Gasteiger partial charge >= 0.3 is 0 Å². The van der Waals surface area contributed by atoms with Crippen molar-refractivity contribution >= 4 is 13.3 Å². The summed E-state index contributed by atoms with van der Waals surface area (Å²) in [5, 5.41) is 24.3. The smallest absolute Gasteiger partial charge is 0.290 e. The third kappa shape index (κ3) is 60.2. The van der Waals surface area contributed by atoms with E-state index < -0.39 is 0 Å². The molecule has 328 valence electrons. The van der Waals surface area contributed by atoms with Gasteiger partial charge in [0.25, 0.3) is 6.47 Å². The predicted molar refractivity (Wildman–Crippen MR) is 236 cm³/mol. The highest BCUT2D eigenvalue weighted by molar-refractivity contribution is 5.32. The van der Waals surface area contributed by atoms with Crippen LogP contribution in [0.15, 0.2) is 0 Å². The highest BCUT2D eigenvalue weighted by Gasteiger charge is 2.09. The molecule has 3 N–H and O–H groups in total. The van der Waals surface area contributed by atoms with Crippen LogP contribution in [0.5, 0.6) is 0 Å². The van der Waals surface area contributed by atoms with Crippen molar-refractivity contribution in [1.29, 1.82) is 0 Å². The molecule has 0 aliphatic rings. The number of carbonyl (C=O) groups excluding carboxylic acids is 1. The maximum absolute atomic E-state index is 8.98. The fourth-order valence-electron chi connectivity index (χ4n) is 7.04. The van der Waals surface area contributed by atoms with Gasteiger partial charge in [-0.05, 0) is 38.3 Å². The fourth-order valence-corrected chi connectivity index (χ4v) is 7.04. The molecule has 0 radical (unpaired) electrons. The SMILES string of the molecule is C=O.CCCCCCCCC(CCCCCCCC)CCCCCCCN(CCCCCCCC)CCOCCO.CCCCCCCCCO.O=CO. The lowest BCUT2D eigenvalue weighted by atomic mass is 9.89. The van der Waals surface area contributed by atoms with Crippen molar-refractivity contribution in [2.45, 2.75) is 240 Å². The van der Waals surface area contributed by atoms with Gasteiger partial charge in [0.15, 0.2) is 0 Å². The van der Waals surface area contributed by atoms with Crippen LogP contribution in [0.1, 0.15) is 240 Å². The lowest BCUT2D eigenvalue weighted by molar-refractivity contribution is -0.122. The van der Waals surface area contributed by atoms with Crippen LogP contribution in [0.25, 0.3) is 0 Å². The van der Waals surface area contributed by atoms with Crippen LogP contribution in [-0.2, 0) is 14.3 Å². The van der Waals surface area contributed by atoms with Gasteiger partial charge in [-0.15, -0.1) is 0 Å². The molecule has 0 spiro atoms. The van der Waals surface area contributed by atoms with Crippen LogP contribution in [0.4, 0.5) is 0 Å². The van der Waals surface area contributed by atoms with Crippen molar-refractivity contribution in [1.82, 2.24) is 4.90 Å². The molecule has 54 heavy (non-hydrogen) atoms. The molecule has 0 saturated heterocycles. The number of carbonyl (C=O) groups is 2. The maximum atomic E-state index is 8.98. The number of rotatable bonds is 41. The lowest BCUT2D eigenvalue weighted by Crippen LogP contribution is -2.30. The average Bonchev–Trinajstić information content (AvgIpc) is 3.19. The molecule has 0 saturated carbocycles. The maximum Gasteiger partial charge on any atom is 0.290 e. The van der Waals surface area contributed by atoms with E-state index in [-0.39, 0.29) is 13.1 Å². The molecule has 7 heteroatoms. The van der Waals surface area contributed by atoms with Crippen molar-refractivity contribution < 1.29 is 29.6 Å². The Balaban J connectivity index is -0.000000699. The lowest BCUT2D eigenvalue weighted by Gasteiger charge is -2.22. The molecule has 0 amide bonds. The zero-order valence-electron chi connectivity index (χ0n) is 37.2. The van der Waals surface area contributed by atoms with Gasteiger partial charge in [0, 0.05) is 13.2 Å². The van der Waals surface area contributed by atoms with Crippen LogP contribution in [0, 0.1) is 5.92 Å². The highest BCUT2D eigenvalue weighted by atomic mass is 16.5. The summed E-state index contributed by atoms with van der Waals surface area (Å²) in [4.78, 5) is 19.0. The Morgan fingerprint density at radius 3 is 1.06 bits per heavy atom. The number of aliphatic hydroxyl groups excluding tert-OH is 2. The van der Waals surface area contributed by atoms with E-state index in [1.165, 1.54) is 219 Å². The van der Waals surface area contributed by atoms with Crippen molar-refractivity contribution in [3.8, 4) is 0 Å². The quantitative estimate of drug-likeness (QED) is 0.0419. The van der Waals surface area contributed by atoms with Crippen molar-refractivity contribution in [2.75, 3.05) is 46.1 Å². The second-order valence-electron chi connectivity index (χ2n) is 15.4. The molecule has 0 aromatic carbocycles. The van der Waals surface area contributed by atoms with Gasteiger partial charge in [0.05, 0.1) is 19.8 Å². The van der Waals surface area contributed by atoms with Gasteiger partial charge in [-0.25, -0.2) is 0 Å². The van der Waals surface area contributed by atoms with Crippen LogP contribution in [0.3, 0.4) is 0 Å². The highest BCUT2D eigenvalue weighted by Crippen LogP contribution is 2.25. The van der Waals surface area contributed by atoms with E-state index >= 15 is 0 Å². The van der Waals surface area contributed by atoms with E-state index in [1.54, 1.807) is 0 Å².